The van der Waals surface area contributed by atoms with E-state index in [0.29, 0.717) is 31.2 Å². The van der Waals surface area contributed by atoms with Gasteiger partial charge < -0.3 is 10.6 Å². The normalized spacial score (nSPS) is 15.0. The molecule has 31 heavy (non-hydrogen) atoms. The van der Waals surface area contributed by atoms with Crippen molar-refractivity contribution in [3.05, 3.63) is 70.5 Å². The van der Waals surface area contributed by atoms with Crippen molar-refractivity contribution in [2.75, 3.05) is 39.3 Å². The predicted octanol–water partition coefficient (Wildman–Crippen LogP) is 2.50. The summed E-state index contributed by atoms with van der Waals surface area (Å²) in [5.74, 6) is -0.771. The van der Waals surface area contributed by atoms with Crippen LogP contribution in [-0.2, 0) is 22.7 Å². The topological polar surface area (TPSA) is 69.9 Å². The quantitative estimate of drug-likeness (QED) is 0.642. The van der Waals surface area contributed by atoms with Crippen LogP contribution in [0.3, 0.4) is 0 Å². The van der Waals surface area contributed by atoms with E-state index < -0.39 is 5.91 Å². The van der Waals surface area contributed by atoms with Crippen LogP contribution >= 0.6 is 11.6 Å². The first kappa shape index (κ1) is 23.2. The van der Waals surface area contributed by atoms with Gasteiger partial charge in [-0.15, -0.1) is 0 Å². The van der Waals surface area contributed by atoms with Crippen molar-refractivity contribution in [3.63, 3.8) is 0 Å². The highest BCUT2D eigenvalue weighted by Crippen LogP contribution is 2.20. The largest absolute Gasteiger partial charge is 0.370 e. The molecule has 1 saturated heterocycles. The van der Waals surface area contributed by atoms with Crippen LogP contribution < -0.4 is 5.73 Å². The number of nitrogens with two attached hydrogens (primary N) is 1. The zero-order chi connectivity index (χ0) is 22.2. The molecule has 0 aliphatic carbocycles. The fourth-order valence-corrected chi connectivity index (χ4v) is 3.86. The Kier molecular flexibility index (Phi) is 8.40. The summed E-state index contributed by atoms with van der Waals surface area (Å²) in [5.41, 5.74) is 7.20. The monoisotopic (exact) mass is 446 g/mol. The molecule has 2 amide bonds. The molecule has 8 heteroatoms. The first-order valence-corrected chi connectivity index (χ1v) is 10.8. The molecule has 1 aliphatic rings. The van der Waals surface area contributed by atoms with E-state index in [4.69, 9.17) is 17.3 Å². The minimum atomic E-state index is -0.418. The first-order chi connectivity index (χ1) is 14.9. The highest BCUT2D eigenvalue weighted by molar-refractivity contribution is 6.31. The van der Waals surface area contributed by atoms with Gasteiger partial charge in [-0.05, 0) is 23.3 Å². The van der Waals surface area contributed by atoms with Gasteiger partial charge in [0.1, 0.15) is 5.82 Å². The molecule has 0 spiro atoms. The van der Waals surface area contributed by atoms with Gasteiger partial charge in [-0.25, -0.2) is 4.39 Å². The van der Waals surface area contributed by atoms with Crippen molar-refractivity contribution < 1.29 is 14.0 Å². The Balaban J connectivity index is 1.52. The number of benzene rings is 2. The van der Waals surface area contributed by atoms with Gasteiger partial charge in [0.2, 0.25) is 11.8 Å². The van der Waals surface area contributed by atoms with E-state index in [1.165, 1.54) is 12.1 Å². The summed E-state index contributed by atoms with van der Waals surface area (Å²) >= 11 is 6.14. The maximum absolute atomic E-state index is 13.2. The van der Waals surface area contributed by atoms with Gasteiger partial charge in [-0.2, -0.15) is 0 Å². The number of halogens is 2. The second-order valence-corrected chi connectivity index (χ2v) is 8.21. The lowest BCUT2D eigenvalue weighted by molar-refractivity contribution is -0.134. The van der Waals surface area contributed by atoms with Crippen LogP contribution in [0, 0.1) is 5.82 Å². The molecule has 0 radical (unpaired) electrons. The molecule has 1 heterocycles. The van der Waals surface area contributed by atoms with Gasteiger partial charge in [0.25, 0.3) is 0 Å². The second kappa shape index (κ2) is 11.2. The van der Waals surface area contributed by atoms with Crippen LogP contribution in [0.4, 0.5) is 4.39 Å². The molecule has 1 aliphatic heterocycles. The summed E-state index contributed by atoms with van der Waals surface area (Å²) < 4.78 is 13.2. The summed E-state index contributed by atoms with van der Waals surface area (Å²) in [7, 11) is 0. The van der Waals surface area contributed by atoms with Crippen LogP contribution in [0.1, 0.15) is 17.5 Å². The smallest absolute Gasteiger partial charge is 0.237 e. The molecule has 2 aromatic rings. The van der Waals surface area contributed by atoms with Crippen molar-refractivity contribution >= 4 is 23.4 Å². The third-order valence-electron chi connectivity index (χ3n) is 5.43. The van der Waals surface area contributed by atoms with Crippen molar-refractivity contribution in [2.45, 2.75) is 19.5 Å². The molecular formula is C23H28ClFN4O2. The Morgan fingerprint density at radius 3 is 2.35 bits per heavy atom. The third-order valence-corrected chi connectivity index (χ3v) is 5.78. The van der Waals surface area contributed by atoms with E-state index in [1.54, 1.807) is 11.0 Å². The lowest BCUT2D eigenvalue weighted by Gasteiger charge is -2.35. The molecule has 166 valence electrons. The van der Waals surface area contributed by atoms with E-state index in [1.807, 2.05) is 30.3 Å². The van der Waals surface area contributed by atoms with Gasteiger partial charge in [0, 0.05) is 57.3 Å². The number of primary amides is 1. The van der Waals surface area contributed by atoms with Crippen LogP contribution in [-0.4, -0.2) is 65.8 Å². The van der Waals surface area contributed by atoms with E-state index in [0.717, 1.165) is 37.3 Å². The van der Waals surface area contributed by atoms with E-state index in [-0.39, 0.29) is 18.1 Å². The van der Waals surface area contributed by atoms with Gasteiger partial charge in [-0.3, -0.25) is 19.4 Å². The molecular weight excluding hydrogens is 419 g/mol. The second-order valence-electron chi connectivity index (χ2n) is 7.81. The van der Waals surface area contributed by atoms with Gasteiger partial charge in [0.05, 0.1) is 6.54 Å². The Morgan fingerprint density at radius 1 is 1.03 bits per heavy atom. The summed E-state index contributed by atoms with van der Waals surface area (Å²) in [6, 6.07) is 14.2. The number of carbonyl (C=O) groups is 2. The van der Waals surface area contributed by atoms with Gasteiger partial charge in [-0.1, -0.05) is 48.0 Å². The molecule has 2 N–H and O–H groups in total. The van der Waals surface area contributed by atoms with Crippen molar-refractivity contribution in [1.82, 2.24) is 14.7 Å². The van der Waals surface area contributed by atoms with Crippen molar-refractivity contribution in [3.8, 4) is 0 Å². The lowest BCUT2D eigenvalue weighted by Crippen LogP contribution is -2.49. The summed E-state index contributed by atoms with van der Waals surface area (Å²) in [4.78, 5) is 30.2. The minimum absolute atomic E-state index is 0.0138. The standard InChI is InChI=1S/C23H28ClFN4O2/c24-21-14-20(25)7-6-19(21)16-27-10-12-28(13-11-27)17-23(31)29(9-8-22(26)30)15-18-4-2-1-3-5-18/h1-7,14H,8-13,15-17H2,(H2,26,30). The number of hydrogen-bond acceptors (Lipinski definition) is 4. The van der Waals surface area contributed by atoms with E-state index in [2.05, 4.69) is 9.80 Å². The van der Waals surface area contributed by atoms with Crippen molar-refractivity contribution in [1.29, 1.82) is 0 Å². The van der Waals surface area contributed by atoms with Crippen LogP contribution in [0.15, 0.2) is 48.5 Å². The van der Waals surface area contributed by atoms with Crippen LogP contribution in [0.2, 0.25) is 5.02 Å². The zero-order valence-electron chi connectivity index (χ0n) is 17.5. The SMILES string of the molecule is NC(=O)CCN(Cc1ccccc1)C(=O)CN1CCN(Cc2ccc(F)cc2Cl)CC1. The molecule has 1 fully saturated rings. The highest BCUT2D eigenvalue weighted by atomic mass is 35.5. The minimum Gasteiger partial charge on any atom is -0.370 e. The molecule has 0 unspecified atom stereocenters. The summed E-state index contributed by atoms with van der Waals surface area (Å²) in [6.07, 6.45) is 0.144. The Morgan fingerprint density at radius 2 is 1.71 bits per heavy atom. The Labute approximate surface area is 187 Å². The Hall–Kier alpha value is -2.48. The molecule has 2 aromatic carbocycles. The van der Waals surface area contributed by atoms with Crippen molar-refractivity contribution in [2.24, 2.45) is 5.73 Å². The third kappa shape index (κ3) is 7.31. The van der Waals surface area contributed by atoms with E-state index >= 15 is 0 Å². The molecule has 0 aromatic heterocycles. The number of rotatable bonds is 9. The average molecular weight is 447 g/mol. The fourth-order valence-electron chi connectivity index (χ4n) is 3.63. The molecule has 6 nitrogen and oxygen atoms in total. The van der Waals surface area contributed by atoms with Crippen LogP contribution in [0.25, 0.3) is 0 Å². The average Bonchev–Trinajstić information content (AvgIpc) is 2.75. The Bertz CT molecular complexity index is 888. The molecule has 3 rings (SSSR count). The number of piperazine rings is 1. The van der Waals surface area contributed by atoms with Crippen LogP contribution in [0.5, 0.6) is 0 Å². The van der Waals surface area contributed by atoms with Gasteiger partial charge >= 0.3 is 0 Å². The summed E-state index contributed by atoms with van der Waals surface area (Å²) in [6.45, 7) is 4.81. The van der Waals surface area contributed by atoms with E-state index in [9.17, 15) is 14.0 Å². The zero-order valence-corrected chi connectivity index (χ0v) is 18.2. The number of carbonyl (C=O) groups excluding carboxylic acids is 2. The number of hydrogen-bond donors (Lipinski definition) is 1. The molecule has 0 atom stereocenters. The number of amides is 2. The fraction of sp³-hybridized carbons (Fsp3) is 0.391. The maximum Gasteiger partial charge on any atom is 0.237 e. The highest BCUT2D eigenvalue weighted by Gasteiger charge is 2.22. The maximum atomic E-state index is 13.2. The first-order valence-electron chi connectivity index (χ1n) is 10.4. The molecule has 0 bridgehead atoms. The number of nitrogens with zero attached hydrogens (tertiary/aromatic N) is 3. The predicted molar refractivity (Wildman–Crippen MR) is 119 cm³/mol. The summed E-state index contributed by atoms with van der Waals surface area (Å²) in [5, 5.41) is 0.434. The molecule has 0 saturated carbocycles. The lowest BCUT2D eigenvalue weighted by atomic mass is 10.2. The van der Waals surface area contributed by atoms with Gasteiger partial charge in [0.15, 0.2) is 0 Å².